The fourth-order valence-electron chi connectivity index (χ4n) is 4.71. The Kier molecular flexibility index (Phi) is 7.49. The number of hydrogen-bond acceptors (Lipinski definition) is 6. The van der Waals surface area contributed by atoms with E-state index in [9.17, 15) is 17.6 Å². The normalized spacial score (nSPS) is 14.4. The lowest BCUT2D eigenvalue weighted by Crippen LogP contribution is -2.48. The van der Waals surface area contributed by atoms with Gasteiger partial charge in [-0.05, 0) is 48.4 Å². The summed E-state index contributed by atoms with van der Waals surface area (Å²) in [5.74, 6) is -0.137. The predicted molar refractivity (Wildman–Crippen MR) is 148 cm³/mol. The zero-order valence-corrected chi connectivity index (χ0v) is 22.5. The van der Waals surface area contributed by atoms with E-state index in [-0.39, 0.29) is 28.1 Å². The van der Waals surface area contributed by atoms with Crippen LogP contribution in [0.5, 0.6) is 5.75 Å². The van der Waals surface area contributed by atoms with Crippen molar-refractivity contribution in [2.75, 3.05) is 38.0 Å². The van der Waals surface area contributed by atoms with E-state index in [1.54, 1.807) is 66.6 Å². The highest BCUT2D eigenvalue weighted by atomic mass is 32.2. The number of amides is 1. The van der Waals surface area contributed by atoms with Gasteiger partial charge in [0.05, 0.1) is 23.9 Å². The van der Waals surface area contributed by atoms with Crippen molar-refractivity contribution in [1.82, 2.24) is 14.8 Å². The molecule has 1 fully saturated rings. The van der Waals surface area contributed by atoms with E-state index in [4.69, 9.17) is 4.74 Å². The van der Waals surface area contributed by atoms with Crippen LogP contribution in [0.15, 0.2) is 77.8 Å². The second-order valence-electron chi connectivity index (χ2n) is 9.50. The zero-order valence-electron chi connectivity index (χ0n) is 21.7. The highest BCUT2D eigenvalue weighted by Crippen LogP contribution is 2.28. The van der Waals surface area contributed by atoms with Gasteiger partial charge in [0, 0.05) is 50.4 Å². The lowest BCUT2D eigenvalue weighted by molar-refractivity contribution is 0.0625. The van der Waals surface area contributed by atoms with E-state index < -0.39 is 10.0 Å². The maximum Gasteiger partial charge on any atom is 0.264 e. The molecule has 0 saturated carbocycles. The average Bonchev–Trinajstić information content (AvgIpc) is 2.94. The van der Waals surface area contributed by atoms with E-state index in [2.05, 4.69) is 14.6 Å². The van der Waals surface area contributed by atoms with Crippen molar-refractivity contribution in [1.29, 1.82) is 0 Å². The molecule has 1 N–H and O–H groups in total. The third-order valence-corrected chi connectivity index (χ3v) is 8.28. The van der Waals surface area contributed by atoms with Gasteiger partial charge in [-0.15, -0.1) is 0 Å². The number of methoxy groups -OCH3 is 1. The van der Waals surface area contributed by atoms with Crippen molar-refractivity contribution in [3.63, 3.8) is 0 Å². The summed E-state index contributed by atoms with van der Waals surface area (Å²) in [6, 6.07) is 18.4. The number of carbonyl (C=O) groups is 1. The van der Waals surface area contributed by atoms with E-state index in [1.807, 2.05) is 6.07 Å². The summed E-state index contributed by atoms with van der Waals surface area (Å²) in [4.78, 5) is 21.5. The molecule has 1 aromatic heterocycles. The Labute approximate surface area is 227 Å². The summed E-state index contributed by atoms with van der Waals surface area (Å²) in [6.07, 6.45) is 1.55. The molecule has 0 aliphatic carbocycles. The van der Waals surface area contributed by atoms with Crippen LogP contribution in [0.2, 0.25) is 0 Å². The molecule has 1 saturated heterocycles. The second-order valence-corrected chi connectivity index (χ2v) is 11.2. The largest absolute Gasteiger partial charge is 0.496 e. The Morgan fingerprint density at radius 3 is 2.54 bits per heavy atom. The van der Waals surface area contributed by atoms with Crippen molar-refractivity contribution in [3.05, 3.63) is 95.4 Å². The molecule has 39 heavy (non-hydrogen) atoms. The molecular formula is C29H29FN4O4S. The minimum Gasteiger partial charge on any atom is -0.496 e. The number of aryl methyl sites for hydroxylation is 1. The average molecular weight is 549 g/mol. The molecule has 202 valence electrons. The van der Waals surface area contributed by atoms with Crippen LogP contribution in [0.4, 0.5) is 10.1 Å². The molecule has 4 aromatic rings. The maximum absolute atomic E-state index is 13.9. The molecule has 0 spiro atoms. The summed E-state index contributed by atoms with van der Waals surface area (Å²) in [5.41, 5.74) is 2.51. The molecule has 0 bridgehead atoms. The SMILES string of the molecule is COc1cc(NS(=O)(=O)c2cccc3cccnc23)ccc1C(=O)N1CCN(Cc2ccc(C)c(F)c2)CC1. The van der Waals surface area contributed by atoms with Crippen molar-refractivity contribution in [3.8, 4) is 5.75 Å². The molecule has 1 aliphatic heterocycles. The predicted octanol–water partition coefficient (Wildman–Crippen LogP) is 4.45. The van der Waals surface area contributed by atoms with Crippen LogP contribution in [0.3, 0.4) is 0 Å². The summed E-state index contributed by atoms with van der Waals surface area (Å²) in [7, 11) is -2.51. The number of carbonyl (C=O) groups excluding carboxylic acids is 1. The van der Waals surface area contributed by atoms with Gasteiger partial charge in [0.1, 0.15) is 16.5 Å². The van der Waals surface area contributed by atoms with Crippen molar-refractivity contribution in [2.24, 2.45) is 0 Å². The molecule has 3 aromatic carbocycles. The number of hydrogen-bond donors (Lipinski definition) is 1. The smallest absolute Gasteiger partial charge is 0.264 e. The third-order valence-electron chi connectivity index (χ3n) is 6.87. The quantitative estimate of drug-likeness (QED) is 0.367. The van der Waals surface area contributed by atoms with Crippen LogP contribution >= 0.6 is 0 Å². The Morgan fingerprint density at radius 2 is 1.79 bits per heavy atom. The molecule has 2 heterocycles. The highest BCUT2D eigenvalue weighted by molar-refractivity contribution is 7.93. The number of benzene rings is 3. The number of piperazine rings is 1. The molecule has 1 amide bonds. The Bertz CT molecular complexity index is 1630. The summed E-state index contributed by atoms with van der Waals surface area (Å²) in [5, 5.41) is 0.713. The van der Waals surface area contributed by atoms with Crippen molar-refractivity contribution < 1.29 is 22.3 Å². The maximum atomic E-state index is 13.9. The molecule has 5 rings (SSSR count). The standard InChI is InChI=1S/C29H29FN4O4S/c1-20-8-9-21(17-25(20)30)19-33-13-15-34(16-14-33)29(35)24-11-10-23(18-26(24)38-2)32-39(36,37)27-7-3-5-22-6-4-12-31-28(22)27/h3-12,17-18,32H,13-16,19H2,1-2H3. The van der Waals surface area contributed by atoms with E-state index >= 15 is 0 Å². The fraction of sp³-hybridized carbons (Fsp3) is 0.241. The van der Waals surface area contributed by atoms with Gasteiger partial charge in [0.15, 0.2) is 0 Å². The number of rotatable bonds is 7. The van der Waals surface area contributed by atoms with Crippen LogP contribution in [-0.2, 0) is 16.6 Å². The van der Waals surface area contributed by atoms with Crippen molar-refractivity contribution >= 4 is 32.5 Å². The molecule has 0 atom stereocenters. The minimum absolute atomic E-state index is 0.0611. The highest BCUT2D eigenvalue weighted by Gasteiger charge is 2.25. The number of anilines is 1. The van der Waals surface area contributed by atoms with Crippen LogP contribution in [-0.4, -0.2) is 62.4 Å². The van der Waals surface area contributed by atoms with Crippen LogP contribution in [0.25, 0.3) is 10.9 Å². The first-order valence-corrected chi connectivity index (χ1v) is 14.0. The van der Waals surface area contributed by atoms with Gasteiger partial charge < -0.3 is 9.64 Å². The number of nitrogens with one attached hydrogen (secondary N) is 1. The monoisotopic (exact) mass is 548 g/mol. The number of aromatic nitrogens is 1. The van der Waals surface area contributed by atoms with Crippen molar-refractivity contribution in [2.45, 2.75) is 18.4 Å². The fourth-order valence-corrected chi connectivity index (χ4v) is 5.94. The minimum atomic E-state index is -3.95. The molecular weight excluding hydrogens is 519 g/mol. The summed E-state index contributed by atoms with van der Waals surface area (Å²) >= 11 is 0. The number of fused-ring (bicyclic) bond motifs is 1. The third kappa shape index (κ3) is 5.71. The molecule has 0 unspecified atom stereocenters. The molecule has 10 heteroatoms. The van der Waals surface area contributed by atoms with E-state index in [0.717, 1.165) is 5.56 Å². The topological polar surface area (TPSA) is 91.8 Å². The summed E-state index contributed by atoms with van der Waals surface area (Å²) < 4.78 is 48.3. The van der Waals surface area contributed by atoms with Crippen LogP contribution in [0, 0.1) is 12.7 Å². The number of nitrogens with zero attached hydrogens (tertiary/aromatic N) is 3. The van der Waals surface area contributed by atoms with Crippen LogP contribution in [0.1, 0.15) is 21.5 Å². The molecule has 8 nitrogen and oxygen atoms in total. The van der Waals surface area contributed by atoms with Gasteiger partial charge in [0.2, 0.25) is 0 Å². The number of sulfonamides is 1. The van der Waals surface area contributed by atoms with Gasteiger partial charge in [-0.1, -0.05) is 30.3 Å². The first kappa shape index (κ1) is 26.6. The van der Waals surface area contributed by atoms with E-state index in [1.165, 1.54) is 19.2 Å². The number of halogens is 1. The molecule has 1 aliphatic rings. The number of para-hydroxylation sites is 1. The lowest BCUT2D eigenvalue weighted by Gasteiger charge is -2.35. The Hall–Kier alpha value is -4.02. The van der Waals surface area contributed by atoms with Gasteiger partial charge in [-0.3, -0.25) is 19.4 Å². The zero-order chi connectivity index (χ0) is 27.6. The first-order valence-electron chi connectivity index (χ1n) is 12.6. The van der Waals surface area contributed by atoms with E-state index in [0.29, 0.717) is 54.8 Å². The number of pyridine rings is 1. The van der Waals surface area contributed by atoms with Gasteiger partial charge >= 0.3 is 0 Å². The Morgan fingerprint density at radius 1 is 1.03 bits per heavy atom. The first-order chi connectivity index (χ1) is 18.7. The second kappa shape index (κ2) is 11.0. The lowest BCUT2D eigenvalue weighted by atomic mass is 10.1. The van der Waals surface area contributed by atoms with Gasteiger partial charge in [-0.2, -0.15) is 0 Å². The Balaban J connectivity index is 1.27. The van der Waals surface area contributed by atoms with Crippen LogP contribution < -0.4 is 9.46 Å². The molecule has 0 radical (unpaired) electrons. The van der Waals surface area contributed by atoms with Gasteiger partial charge in [-0.25, -0.2) is 12.8 Å². The number of ether oxygens (including phenoxy) is 1. The van der Waals surface area contributed by atoms with Gasteiger partial charge in [0.25, 0.3) is 15.9 Å². The summed E-state index contributed by atoms with van der Waals surface area (Å²) in [6.45, 7) is 4.68.